The van der Waals surface area contributed by atoms with Crippen LogP contribution >= 0.6 is 11.3 Å². The van der Waals surface area contributed by atoms with Crippen LogP contribution in [0.4, 0.5) is 0 Å². The van der Waals surface area contributed by atoms with Gasteiger partial charge in [-0.3, -0.25) is 4.99 Å². The number of rotatable bonds is 3. The molecule has 2 aromatic carbocycles. The van der Waals surface area contributed by atoms with E-state index in [4.69, 9.17) is 4.99 Å². The van der Waals surface area contributed by atoms with Crippen LogP contribution in [0.2, 0.25) is 0 Å². The molecule has 0 aliphatic heterocycles. The molecule has 3 atom stereocenters. The van der Waals surface area contributed by atoms with Crippen molar-refractivity contribution < 1.29 is 0 Å². The summed E-state index contributed by atoms with van der Waals surface area (Å²) < 4.78 is 2.77. The Labute approximate surface area is 237 Å². The lowest BCUT2D eigenvalue weighted by Gasteiger charge is -2.46. The molecule has 3 aliphatic rings. The van der Waals surface area contributed by atoms with E-state index in [1.807, 2.05) is 11.3 Å². The largest absolute Gasteiger partial charge is 0.282 e. The minimum absolute atomic E-state index is 0.199. The molecule has 3 unspecified atom stereocenters. The third kappa shape index (κ3) is 4.45. The van der Waals surface area contributed by atoms with Gasteiger partial charge in [0.05, 0.1) is 5.71 Å². The molecule has 39 heavy (non-hydrogen) atoms. The minimum Gasteiger partial charge on any atom is -0.282 e. The zero-order valence-electron chi connectivity index (χ0n) is 23.4. The van der Waals surface area contributed by atoms with Crippen molar-refractivity contribution in [1.29, 1.82) is 0 Å². The second kappa shape index (κ2) is 10.6. The molecule has 3 aromatic rings. The highest BCUT2D eigenvalue weighted by Gasteiger charge is 2.45. The number of benzene rings is 2. The topological polar surface area (TPSA) is 12.4 Å². The van der Waals surface area contributed by atoms with Crippen LogP contribution in [0.5, 0.6) is 0 Å². The Morgan fingerprint density at radius 1 is 0.923 bits per heavy atom. The standard InChI is InChI=1S/C37H37NS/c1-5-23-37(24-13-12-19-33(38-25(2)3)29-16-7-10-17-31(29)37)32-18-9-6-14-26(4)35-30(32)22-21-28-27-15-8-11-20-34(27)39-36(28)35/h5-16,19-25,31-32H,17-18H2,1-4H3/b9-6-,19-12-,23-5?,24-13-,26-14+,38-33-. The lowest BCUT2D eigenvalue weighted by Crippen LogP contribution is -2.38. The van der Waals surface area contributed by atoms with E-state index in [2.05, 4.69) is 137 Å². The zero-order chi connectivity index (χ0) is 27.0. The van der Waals surface area contributed by atoms with Gasteiger partial charge >= 0.3 is 0 Å². The fourth-order valence-corrected chi connectivity index (χ4v) is 8.21. The van der Waals surface area contributed by atoms with Crippen LogP contribution in [0.1, 0.15) is 57.6 Å². The number of nitrogens with zero attached hydrogens (tertiary/aromatic N) is 1. The summed E-state index contributed by atoms with van der Waals surface area (Å²) in [4.78, 5) is 5.10. The molecule has 1 aromatic heterocycles. The van der Waals surface area contributed by atoms with E-state index in [9.17, 15) is 0 Å². The summed E-state index contributed by atoms with van der Waals surface area (Å²) in [5.41, 5.74) is 6.49. The molecular weight excluding hydrogens is 490 g/mol. The van der Waals surface area contributed by atoms with Gasteiger partial charge in [-0.2, -0.15) is 0 Å². The Morgan fingerprint density at radius 2 is 1.72 bits per heavy atom. The molecule has 1 nitrogen and oxygen atoms in total. The van der Waals surface area contributed by atoms with Crippen LogP contribution in [0.15, 0.2) is 120 Å². The molecule has 0 saturated heterocycles. The molecule has 0 amide bonds. The fraction of sp³-hybridized carbons (Fsp3) is 0.270. The second-order valence-electron chi connectivity index (χ2n) is 11.2. The van der Waals surface area contributed by atoms with Gasteiger partial charge in [-0.25, -0.2) is 0 Å². The molecule has 0 radical (unpaired) electrons. The second-order valence-corrected chi connectivity index (χ2v) is 12.3. The van der Waals surface area contributed by atoms with Gasteiger partial charge in [-0.1, -0.05) is 97.2 Å². The summed E-state index contributed by atoms with van der Waals surface area (Å²) in [5.74, 6) is 0.576. The number of hydrogen-bond donors (Lipinski definition) is 0. The Hall–Kier alpha value is -3.49. The maximum atomic E-state index is 5.10. The smallest absolute Gasteiger partial charge is 0.0612 e. The van der Waals surface area contributed by atoms with Crippen LogP contribution in [0, 0.1) is 11.3 Å². The lowest BCUT2D eigenvalue weighted by atomic mass is 9.57. The monoisotopic (exact) mass is 527 g/mol. The van der Waals surface area contributed by atoms with Gasteiger partial charge in [0.25, 0.3) is 0 Å². The zero-order valence-corrected chi connectivity index (χ0v) is 24.2. The van der Waals surface area contributed by atoms with Crippen LogP contribution < -0.4 is 0 Å². The summed E-state index contributed by atoms with van der Waals surface area (Å²) in [6.45, 7) is 8.81. The molecule has 0 spiro atoms. The lowest BCUT2D eigenvalue weighted by molar-refractivity contribution is 0.281. The van der Waals surface area contributed by atoms with Crippen molar-refractivity contribution in [2.45, 2.75) is 52.5 Å². The van der Waals surface area contributed by atoms with Crippen molar-refractivity contribution in [2.24, 2.45) is 16.3 Å². The summed E-state index contributed by atoms with van der Waals surface area (Å²) in [6.07, 6.45) is 29.7. The summed E-state index contributed by atoms with van der Waals surface area (Å²) in [5, 5.41) is 2.73. The number of hydrogen-bond acceptors (Lipinski definition) is 2. The van der Waals surface area contributed by atoms with Crippen molar-refractivity contribution in [3.8, 4) is 0 Å². The van der Waals surface area contributed by atoms with E-state index in [-0.39, 0.29) is 17.4 Å². The molecular formula is C37H37NS. The first-order valence-corrected chi connectivity index (χ1v) is 15.1. The highest BCUT2D eigenvalue weighted by Crippen LogP contribution is 2.55. The molecule has 196 valence electrons. The highest BCUT2D eigenvalue weighted by atomic mass is 32.1. The van der Waals surface area contributed by atoms with E-state index in [1.54, 1.807) is 0 Å². The van der Waals surface area contributed by atoms with Gasteiger partial charge in [-0.05, 0) is 75.0 Å². The van der Waals surface area contributed by atoms with Crippen molar-refractivity contribution in [2.75, 3.05) is 0 Å². The maximum absolute atomic E-state index is 5.10. The third-order valence-electron chi connectivity index (χ3n) is 8.47. The number of allylic oxidation sites excluding steroid dienone is 14. The molecule has 2 heteroatoms. The molecule has 6 rings (SSSR count). The normalized spacial score (nSPS) is 29.7. The van der Waals surface area contributed by atoms with E-state index >= 15 is 0 Å². The van der Waals surface area contributed by atoms with Crippen molar-refractivity contribution in [3.05, 3.63) is 126 Å². The number of aliphatic imine (C=N–C) groups is 1. The van der Waals surface area contributed by atoms with Crippen molar-refractivity contribution >= 4 is 42.8 Å². The maximum Gasteiger partial charge on any atom is 0.0612 e. The quantitative estimate of drug-likeness (QED) is 0.300. The molecule has 3 aliphatic carbocycles. The van der Waals surface area contributed by atoms with Gasteiger partial charge in [0.15, 0.2) is 0 Å². The number of thiophene rings is 1. The summed E-state index contributed by atoms with van der Waals surface area (Å²) >= 11 is 1.94. The minimum atomic E-state index is -0.199. The molecule has 0 bridgehead atoms. The highest BCUT2D eigenvalue weighted by molar-refractivity contribution is 7.26. The predicted molar refractivity (Wildman–Crippen MR) is 173 cm³/mol. The van der Waals surface area contributed by atoms with Crippen LogP contribution in [0.25, 0.3) is 25.7 Å². The fourth-order valence-electron chi connectivity index (χ4n) is 6.89. The van der Waals surface area contributed by atoms with Crippen molar-refractivity contribution in [1.82, 2.24) is 0 Å². The van der Waals surface area contributed by atoms with Gasteiger partial charge < -0.3 is 0 Å². The first kappa shape index (κ1) is 25.8. The summed E-state index contributed by atoms with van der Waals surface area (Å²) in [6, 6.07) is 13.9. The Kier molecular flexibility index (Phi) is 6.99. The molecule has 0 fully saturated rings. The summed E-state index contributed by atoms with van der Waals surface area (Å²) in [7, 11) is 0. The van der Waals surface area contributed by atoms with Crippen molar-refractivity contribution in [3.63, 3.8) is 0 Å². The van der Waals surface area contributed by atoms with Gasteiger partial charge in [0.2, 0.25) is 0 Å². The SMILES string of the molecule is CC=CC1(C2C/C=C\C=C(/C)c3c2ccc2c3sc3ccccc32)\C=C/C=C\C(=N\C(C)C)C2=CC=CCC21. The van der Waals surface area contributed by atoms with Gasteiger partial charge in [0, 0.05) is 43.5 Å². The number of fused-ring (bicyclic) bond motifs is 6. The van der Waals surface area contributed by atoms with E-state index < -0.39 is 0 Å². The van der Waals surface area contributed by atoms with E-state index in [1.165, 1.54) is 42.4 Å². The first-order valence-electron chi connectivity index (χ1n) is 14.3. The third-order valence-corrected chi connectivity index (χ3v) is 9.67. The van der Waals surface area contributed by atoms with E-state index in [0.717, 1.165) is 18.6 Å². The Balaban J connectivity index is 1.64. The van der Waals surface area contributed by atoms with Crippen LogP contribution in [0.3, 0.4) is 0 Å². The van der Waals surface area contributed by atoms with Crippen LogP contribution in [-0.4, -0.2) is 11.8 Å². The molecule has 0 N–H and O–H groups in total. The van der Waals surface area contributed by atoms with Gasteiger partial charge in [0.1, 0.15) is 0 Å². The van der Waals surface area contributed by atoms with Gasteiger partial charge in [-0.15, -0.1) is 11.3 Å². The Bertz CT molecular complexity index is 1660. The Morgan fingerprint density at radius 3 is 2.54 bits per heavy atom. The average Bonchev–Trinajstić information content (AvgIpc) is 3.30. The molecule has 1 heterocycles. The van der Waals surface area contributed by atoms with Crippen LogP contribution in [-0.2, 0) is 0 Å². The molecule has 0 saturated carbocycles. The average molecular weight is 528 g/mol. The predicted octanol–water partition coefficient (Wildman–Crippen LogP) is 10.5. The van der Waals surface area contributed by atoms with E-state index in [0.29, 0.717) is 5.92 Å². The first-order chi connectivity index (χ1) is 19.0.